The van der Waals surface area contributed by atoms with Gasteiger partial charge in [0.05, 0.1) is 11.1 Å². The predicted octanol–water partition coefficient (Wildman–Crippen LogP) is 5.21. The highest BCUT2D eigenvalue weighted by molar-refractivity contribution is 7.14. The van der Waals surface area contributed by atoms with Gasteiger partial charge < -0.3 is 9.64 Å². The van der Waals surface area contributed by atoms with Crippen LogP contribution in [0.2, 0.25) is 0 Å². The van der Waals surface area contributed by atoms with Gasteiger partial charge in [-0.05, 0) is 55.2 Å². The molecular weight excluding hydrogens is 422 g/mol. The Hall–Kier alpha value is -3.19. The Morgan fingerprint density at radius 3 is 2.75 bits per heavy atom. The number of likely N-dealkylation sites (N-methyl/N-ethyl adjacent to an activating group) is 1. The van der Waals surface area contributed by atoms with E-state index in [-0.39, 0.29) is 18.4 Å². The summed E-state index contributed by atoms with van der Waals surface area (Å²) in [6, 6.07) is 13.7. The number of hydrogen-bond acceptors (Lipinski definition) is 5. The minimum absolute atomic E-state index is 0.0785. The van der Waals surface area contributed by atoms with Crippen molar-refractivity contribution in [3.8, 4) is 17.0 Å². The first-order valence-electron chi connectivity index (χ1n) is 10.6. The Balaban J connectivity index is 1.43. The molecule has 1 N–H and O–H groups in total. The third kappa shape index (κ3) is 4.12. The van der Waals surface area contributed by atoms with Crippen molar-refractivity contribution in [1.29, 1.82) is 0 Å². The van der Waals surface area contributed by atoms with Crippen molar-refractivity contribution in [2.24, 2.45) is 0 Å². The van der Waals surface area contributed by atoms with Gasteiger partial charge in [0.15, 0.2) is 11.7 Å². The quantitative estimate of drug-likeness (QED) is 0.561. The molecule has 0 aliphatic carbocycles. The van der Waals surface area contributed by atoms with Crippen LogP contribution in [0.15, 0.2) is 47.8 Å². The molecule has 0 bridgehead atoms. The minimum Gasteiger partial charge on any atom is -0.484 e. The number of hydrogen-bond donors (Lipinski definition) is 1. The van der Waals surface area contributed by atoms with Crippen LogP contribution >= 0.6 is 11.3 Å². The molecule has 2 aromatic carbocycles. The Labute approximate surface area is 192 Å². The zero-order valence-electron chi connectivity index (χ0n) is 18.9. The Bertz CT molecular complexity index is 1180. The van der Waals surface area contributed by atoms with Crippen LogP contribution < -0.4 is 15.0 Å². The number of anilines is 2. The van der Waals surface area contributed by atoms with Crippen molar-refractivity contribution >= 4 is 34.0 Å². The topological polar surface area (TPSA) is 71.5 Å². The second kappa shape index (κ2) is 8.39. The number of carbonyl (C=O) groups is 2. The first-order valence-corrected chi connectivity index (χ1v) is 11.5. The predicted molar refractivity (Wildman–Crippen MR) is 129 cm³/mol. The van der Waals surface area contributed by atoms with E-state index in [1.165, 1.54) is 11.3 Å². The summed E-state index contributed by atoms with van der Waals surface area (Å²) in [6.07, 6.45) is 0. The van der Waals surface area contributed by atoms with Crippen LogP contribution in [0.25, 0.3) is 11.3 Å². The van der Waals surface area contributed by atoms with Crippen molar-refractivity contribution in [1.82, 2.24) is 4.98 Å². The van der Waals surface area contributed by atoms with E-state index in [2.05, 4.69) is 24.1 Å². The van der Waals surface area contributed by atoms with Gasteiger partial charge in [-0.2, -0.15) is 0 Å². The van der Waals surface area contributed by atoms with E-state index in [1.807, 2.05) is 61.7 Å². The molecular formula is C25H27N3O3S. The number of thiazole rings is 1. The van der Waals surface area contributed by atoms with Crippen LogP contribution in [0.3, 0.4) is 0 Å². The third-order valence-corrected chi connectivity index (χ3v) is 6.57. The monoisotopic (exact) mass is 449 g/mol. The lowest BCUT2D eigenvalue weighted by atomic mass is 9.85. The zero-order valence-corrected chi connectivity index (χ0v) is 19.7. The maximum absolute atomic E-state index is 12.5. The fourth-order valence-corrected chi connectivity index (χ4v) is 4.60. The van der Waals surface area contributed by atoms with Crippen LogP contribution in [0.1, 0.15) is 44.7 Å². The second-order valence-corrected chi connectivity index (χ2v) is 9.68. The Kier molecular flexibility index (Phi) is 5.77. The summed E-state index contributed by atoms with van der Waals surface area (Å²) >= 11 is 1.36. The SMILES string of the molecule is CC(C)c1cccc(OCC(=O)Nc2nc(-c3ccc4c(c3)C(C)(C)C(=O)N4C)cs2)c1. The van der Waals surface area contributed by atoms with Crippen molar-refractivity contribution in [2.45, 2.75) is 39.0 Å². The van der Waals surface area contributed by atoms with Gasteiger partial charge >= 0.3 is 0 Å². The normalized spacial score (nSPS) is 14.6. The highest BCUT2D eigenvalue weighted by Gasteiger charge is 2.42. The van der Waals surface area contributed by atoms with Crippen molar-refractivity contribution in [2.75, 3.05) is 23.9 Å². The maximum atomic E-state index is 12.5. The smallest absolute Gasteiger partial charge is 0.264 e. The molecule has 2 heterocycles. The number of rotatable bonds is 6. The molecule has 0 atom stereocenters. The number of carbonyl (C=O) groups excluding carboxylic acids is 2. The largest absolute Gasteiger partial charge is 0.484 e. The van der Waals surface area contributed by atoms with E-state index in [4.69, 9.17) is 4.74 Å². The van der Waals surface area contributed by atoms with Crippen molar-refractivity contribution in [3.05, 3.63) is 59.0 Å². The average molecular weight is 450 g/mol. The molecule has 0 fully saturated rings. The lowest BCUT2D eigenvalue weighted by Crippen LogP contribution is -2.33. The standard InChI is InChI=1S/C25H27N3O3S/c1-15(2)16-7-6-8-18(11-16)31-13-22(29)27-24-26-20(14-32-24)17-9-10-21-19(12-17)25(3,4)23(30)28(21)5/h6-12,14-15H,13H2,1-5H3,(H,26,27,29). The van der Waals surface area contributed by atoms with E-state index in [0.29, 0.717) is 16.8 Å². The average Bonchev–Trinajstić information content (AvgIpc) is 3.30. The fourth-order valence-electron chi connectivity index (χ4n) is 3.86. The number of fused-ring (bicyclic) bond motifs is 1. The van der Waals surface area contributed by atoms with E-state index in [9.17, 15) is 9.59 Å². The third-order valence-electron chi connectivity index (χ3n) is 5.81. The molecule has 1 aromatic heterocycles. The molecule has 1 aliphatic rings. The van der Waals surface area contributed by atoms with Gasteiger partial charge in [0, 0.05) is 23.7 Å². The van der Waals surface area contributed by atoms with E-state index in [1.54, 1.807) is 11.9 Å². The summed E-state index contributed by atoms with van der Waals surface area (Å²) < 4.78 is 5.64. The summed E-state index contributed by atoms with van der Waals surface area (Å²) in [6.45, 7) is 8.02. The van der Waals surface area contributed by atoms with Gasteiger partial charge in [0.25, 0.3) is 5.91 Å². The van der Waals surface area contributed by atoms with E-state index < -0.39 is 5.41 Å². The van der Waals surface area contributed by atoms with Crippen LogP contribution in [0.4, 0.5) is 10.8 Å². The van der Waals surface area contributed by atoms with E-state index >= 15 is 0 Å². The van der Waals surface area contributed by atoms with Gasteiger partial charge in [-0.15, -0.1) is 11.3 Å². The first-order chi connectivity index (χ1) is 15.2. The van der Waals surface area contributed by atoms with E-state index in [0.717, 1.165) is 28.1 Å². The molecule has 2 amide bonds. The van der Waals surface area contributed by atoms with Gasteiger partial charge in [0.1, 0.15) is 5.75 Å². The number of amides is 2. The van der Waals surface area contributed by atoms with Crippen LogP contribution in [-0.4, -0.2) is 30.5 Å². The molecule has 0 unspecified atom stereocenters. The summed E-state index contributed by atoms with van der Waals surface area (Å²) in [5.41, 5.74) is 4.18. The number of aromatic nitrogens is 1. The fraction of sp³-hybridized carbons (Fsp3) is 0.320. The summed E-state index contributed by atoms with van der Waals surface area (Å²) in [5.74, 6) is 0.883. The molecule has 1 aliphatic heterocycles. The van der Waals surface area contributed by atoms with Crippen LogP contribution in [0, 0.1) is 0 Å². The number of nitrogens with one attached hydrogen (secondary N) is 1. The summed E-state index contributed by atoms with van der Waals surface area (Å²) in [5, 5.41) is 5.22. The molecule has 0 spiro atoms. The summed E-state index contributed by atoms with van der Waals surface area (Å²) in [4.78, 5) is 31.1. The number of nitrogens with zero attached hydrogens (tertiary/aromatic N) is 2. The molecule has 7 heteroatoms. The molecule has 0 radical (unpaired) electrons. The van der Waals surface area contributed by atoms with Crippen LogP contribution in [-0.2, 0) is 15.0 Å². The molecule has 0 saturated carbocycles. The second-order valence-electron chi connectivity index (χ2n) is 8.82. The number of benzene rings is 2. The molecule has 6 nitrogen and oxygen atoms in total. The summed E-state index contributed by atoms with van der Waals surface area (Å²) in [7, 11) is 1.80. The highest BCUT2D eigenvalue weighted by atomic mass is 32.1. The van der Waals surface area contributed by atoms with Crippen LogP contribution in [0.5, 0.6) is 5.75 Å². The Morgan fingerprint density at radius 2 is 2.00 bits per heavy atom. The molecule has 166 valence electrons. The van der Waals surface area contributed by atoms with Gasteiger partial charge in [-0.25, -0.2) is 4.98 Å². The van der Waals surface area contributed by atoms with Gasteiger partial charge in [-0.3, -0.25) is 14.9 Å². The molecule has 3 aromatic rings. The Morgan fingerprint density at radius 1 is 1.22 bits per heavy atom. The van der Waals surface area contributed by atoms with Crippen molar-refractivity contribution in [3.63, 3.8) is 0 Å². The lowest BCUT2D eigenvalue weighted by Gasteiger charge is -2.16. The molecule has 0 saturated heterocycles. The zero-order chi connectivity index (χ0) is 23.0. The first kappa shape index (κ1) is 22.0. The lowest BCUT2D eigenvalue weighted by molar-refractivity contribution is -0.121. The maximum Gasteiger partial charge on any atom is 0.264 e. The van der Waals surface area contributed by atoms with Crippen molar-refractivity contribution < 1.29 is 14.3 Å². The number of ether oxygens (including phenoxy) is 1. The van der Waals surface area contributed by atoms with Gasteiger partial charge in [-0.1, -0.05) is 32.0 Å². The molecule has 4 rings (SSSR count). The molecule has 32 heavy (non-hydrogen) atoms. The highest BCUT2D eigenvalue weighted by Crippen LogP contribution is 2.42. The minimum atomic E-state index is -0.572. The van der Waals surface area contributed by atoms with Gasteiger partial charge in [0.2, 0.25) is 5.91 Å².